The molecule has 0 aliphatic rings. The molecular formula is C17H16F2N2O6S. The van der Waals surface area contributed by atoms with E-state index in [1.54, 1.807) is 0 Å². The highest BCUT2D eigenvalue weighted by Crippen LogP contribution is 2.30. The van der Waals surface area contributed by atoms with E-state index in [1.807, 2.05) is 0 Å². The van der Waals surface area contributed by atoms with Gasteiger partial charge >= 0.3 is 5.97 Å². The van der Waals surface area contributed by atoms with E-state index in [4.69, 9.17) is 0 Å². The summed E-state index contributed by atoms with van der Waals surface area (Å²) in [5, 5.41) is 11.0. The van der Waals surface area contributed by atoms with Crippen molar-refractivity contribution in [3.63, 3.8) is 0 Å². The minimum atomic E-state index is -4.44. The molecule has 2 aromatic rings. The minimum absolute atomic E-state index is 0.148. The smallest absolute Gasteiger partial charge is 0.339 e. The second-order valence-corrected chi connectivity index (χ2v) is 7.77. The first-order chi connectivity index (χ1) is 13.0. The molecule has 0 N–H and O–H groups in total. The van der Waals surface area contributed by atoms with E-state index in [0.717, 1.165) is 48.8 Å². The molecule has 0 heterocycles. The van der Waals surface area contributed by atoms with Gasteiger partial charge in [0.1, 0.15) is 4.90 Å². The number of carbonyl (C=O) groups is 1. The van der Waals surface area contributed by atoms with Crippen LogP contribution in [-0.4, -0.2) is 37.8 Å². The van der Waals surface area contributed by atoms with E-state index in [1.165, 1.54) is 13.0 Å². The number of non-ortho nitro benzene ring substituents is 1. The van der Waals surface area contributed by atoms with Crippen LogP contribution < -0.4 is 0 Å². The highest BCUT2D eigenvalue weighted by atomic mass is 32.2. The van der Waals surface area contributed by atoms with Gasteiger partial charge in [-0.25, -0.2) is 22.0 Å². The number of methoxy groups -OCH3 is 1. The third-order valence-electron chi connectivity index (χ3n) is 4.21. The molecule has 0 fully saturated rings. The summed E-state index contributed by atoms with van der Waals surface area (Å²) in [7, 11) is -2.25. The molecule has 0 amide bonds. The molecule has 0 saturated heterocycles. The lowest BCUT2D eigenvalue weighted by atomic mass is 10.1. The summed E-state index contributed by atoms with van der Waals surface area (Å²) >= 11 is 0. The quantitative estimate of drug-likeness (QED) is 0.409. The van der Waals surface area contributed by atoms with E-state index < -0.39 is 54.7 Å². The van der Waals surface area contributed by atoms with Gasteiger partial charge in [-0.15, -0.1) is 0 Å². The van der Waals surface area contributed by atoms with Crippen LogP contribution in [0.15, 0.2) is 41.3 Å². The summed E-state index contributed by atoms with van der Waals surface area (Å²) in [4.78, 5) is 21.5. The molecule has 2 aromatic carbocycles. The Balaban J connectivity index is 2.57. The summed E-state index contributed by atoms with van der Waals surface area (Å²) in [5.41, 5.74) is -0.785. The number of rotatable bonds is 6. The predicted molar refractivity (Wildman–Crippen MR) is 94.2 cm³/mol. The lowest BCUT2D eigenvalue weighted by Crippen LogP contribution is -2.31. The molecule has 2 rings (SSSR count). The Morgan fingerprint density at radius 3 is 2.36 bits per heavy atom. The zero-order chi connectivity index (χ0) is 21.2. The fourth-order valence-electron chi connectivity index (χ4n) is 2.46. The maximum absolute atomic E-state index is 13.5. The summed E-state index contributed by atoms with van der Waals surface area (Å²) < 4.78 is 58.1. The first-order valence-corrected chi connectivity index (χ1v) is 9.24. The summed E-state index contributed by atoms with van der Waals surface area (Å²) in [6.07, 6.45) is 0. The van der Waals surface area contributed by atoms with Crippen molar-refractivity contribution in [2.75, 3.05) is 14.2 Å². The van der Waals surface area contributed by atoms with E-state index >= 15 is 0 Å². The Morgan fingerprint density at radius 2 is 1.82 bits per heavy atom. The number of nitrogens with zero attached hydrogens (tertiary/aromatic N) is 2. The van der Waals surface area contributed by atoms with Crippen LogP contribution in [0.2, 0.25) is 0 Å². The van der Waals surface area contributed by atoms with Crippen molar-refractivity contribution in [2.24, 2.45) is 0 Å². The number of halogens is 2. The fourth-order valence-corrected chi connectivity index (χ4v) is 4.01. The van der Waals surface area contributed by atoms with Crippen molar-refractivity contribution in [3.05, 3.63) is 69.3 Å². The van der Waals surface area contributed by atoms with Gasteiger partial charge in [0.05, 0.1) is 17.6 Å². The largest absolute Gasteiger partial charge is 0.465 e. The first-order valence-electron chi connectivity index (χ1n) is 7.80. The van der Waals surface area contributed by atoms with Crippen molar-refractivity contribution >= 4 is 21.7 Å². The molecule has 0 aromatic heterocycles. The van der Waals surface area contributed by atoms with E-state index in [2.05, 4.69) is 4.74 Å². The van der Waals surface area contributed by atoms with Crippen LogP contribution in [0.5, 0.6) is 0 Å². The topological polar surface area (TPSA) is 107 Å². The molecule has 0 aliphatic carbocycles. The number of hydrogen-bond donors (Lipinski definition) is 0. The SMILES string of the molecule is COC(=O)c1ccc([N+](=O)[O-])cc1S(=O)(=O)N(C)[C@@H](C)c1ccc(F)c(F)c1. The van der Waals surface area contributed by atoms with Gasteiger partial charge in [-0.05, 0) is 30.7 Å². The molecule has 0 spiro atoms. The van der Waals surface area contributed by atoms with Gasteiger partial charge in [0.15, 0.2) is 11.6 Å². The average Bonchev–Trinajstić information content (AvgIpc) is 2.67. The molecule has 11 heteroatoms. The lowest BCUT2D eigenvalue weighted by molar-refractivity contribution is -0.385. The zero-order valence-electron chi connectivity index (χ0n) is 15.0. The molecule has 1 atom stereocenters. The lowest BCUT2D eigenvalue weighted by Gasteiger charge is -2.25. The zero-order valence-corrected chi connectivity index (χ0v) is 15.9. The van der Waals surface area contributed by atoms with Crippen molar-refractivity contribution in [2.45, 2.75) is 17.9 Å². The second-order valence-electron chi connectivity index (χ2n) is 5.80. The molecule has 8 nitrogen and oxygen atoms in total. The van der Waals surface area contributed by atoms with Crippen LogP contribution in [0.1, 0.15) is 28.9 Å². The first kappa shape index (κ1) is 21.4. The fraction of sp³-hybridized carbons (Fsp3) is 0.235. The number of nitro groups is 1. The molecular weight excluding hydrogens is 398 g/mol. The summed E-state index contributed by atoms with van der Waals surface area (Å²) in [5.74, 6) is -3.24. The van der Waals surface area contributed by atoms with Gasteiger partial charge in [0, 0.05) is 25.2 Å². The number of ether oxygens (including phenoxy) is 1. The Bertz CT molecular complexity index is 1040. The van der Waals surface area contributed by atoms with Crippen molar-refractivity contribution in [1.29, 1.82) is 0 Å². The van der Waals surface area contributed by atoms with E-state index in [9.17, 15) is 32.1 Å². The molecule has 0 bridgehead atoms. The molecule has 0 aliphatic heterocycles. The molecule has 28 heavy (non-hydrogen) atoms. The molecule has 0 unspecified atom stereocenters. The Morgan fingerprint density at radius 1 is 1.18 bits per heavy atom. The monoisotopic (exact) mass is 414 g/mol. The number of sulfonamides is 1. The summed E-state index contributed by atoms with van der Waals surface area (Å²) in [6, 6.07) is 4.65. The number of nitro benzene ring substituents is 1. The van der Waals surface area contributed by atoms with E-state index in [0.29, 0.717) is 0 Å². The van der Waals surface area contributed by atoms with Crippen molar-refractivity contribution in [3.8, 4) is 0 Å². The Labute approximate surface area is 159 Å². The van der Waals surface area contributed by atoms with Gasteiger partial charge < -0.3 is 4.74 Å². The highest BCUT2D eigenvalue weighted by molar-refractivity contribution is 7.89. The average molecular weight is 414 g/mol. The third kappa shape index (κ3) is 3.99. The normalized spacial score (nSPS) is 12.6. The highest BCUT2D eigenvalue weighted by Gasteiger charge is 2.32. The summed E-state index contributed by atoms with van der Waals surface area (Å²) in [6.45, 7) is 1.42. The molecule has 150 valence electrons. The van der Waals surface area contributed by atoms with Crippen LogP contribution in [0.3, 0.4) is 0 Å². The number of benzene rings is 2. The van der Waals surface area contributed by atoms with Crippen molar-refractivity contribution in [1.82, 2.24) is 4.31 Å². The van der Waals surface area contributed by atoms with Gasteiger partial charge in [0.2, 0.25) is 10.0 Å². The second kappa shape index (κ2) is 7.98. The van der Waals surface area contributed by atoms with Crippen LogP contribution in [0, 0.1) is 21.7 Å². The van der Waals surface area contributed by atoms with Crippen LogP contribution in [0.4, 0.5) is 14.5 Å². The van der Waals surface area contributed by atoms with Crippen LogP contribution in [-0.2, 0) is 14.8 Å². The van der Waals surface area contributed by atoms with Crippen LogP contribution in [0.25, 0.3) is 0 Å². The third-order valence-corrected chi connectivity index (χ3v) is 6.18. The Kier molecular flexibility index (Phi) is 6.10. The van der Waals surface area contributed by atoms with Gasteiger partial charge in [-0.3, -0.25) is 10.1 Å². The minimum Gasteiger partial charge on any atom is -0.465 e. The molecule has 0 radical (unpaired) electrons. The maximum Gasteiger partial charge on any atom is 0.339 e. The predicted octanol–water partition coefficient (Wildman–Crippen LogP) is 3.04. The van der Waals surface area contributed by atoms with Crippen molar-refractivity contribution < 1.29 is 31.7 Å². The number of hydrogen-bond acceptors (Lipinski definition) is 6. The maximum atomic E-state index is 13.5. The standard InChI is InChI=1S/C17H16F2N2O6S/c1-10(11-4-7-14(18)15(19)8-11)20(2)28(25,26)16-9-12(21(23)24)5-6-13(16)17(22)27-3/h4-10H,1-3H3/t10-/m0/s1. The van der Waals surface area contributed by atoms with Crippen LogP contribution >= 0.6 is 0 Å². The molecule has 0 saturated carbocycles. The van der Waals surface area contributed by atoms with Gasteiger partial charge in [0.25, 0.3) is 5.69 Å². The van der Waals surface area contributed by atoms with E-state index in [-0.39, 0.29) is 5.56 Å². The number of esters is 1. The van der Waals surface area contributed by atoms with Gasteiger partial charge in [-0.1, -0.05) is 6.07 Å². The number of carbonyl (C=O) groups excluding carboxylic acids is 1. The van der Waals surface area contributed by atoms with Gasteiger partial charge in [-0.2, -0.15) is 4.31 Å². The Hall–Kier alpha value is -2.92.